The number of anilines is 1. The van der Waals surface area contributed by atoms with Crippen molar-refractivity contribution in [3.63, 3.8) is 0 Å². The molecule has 3 unspecified atom stereocenters. The van der Waals surface area contributed by atoms with E-state index in [0.717, 1.165) is 53.8 Å². The number of unbranched alkanes of at least 4 members (excludes halogenated alkanes) is 6. The normalized spacial score (nSPS) is 20.7. The summed E-state index contributed by atoms with van der Waals surface area (Å²) in [4.78, 5) is 88.2. The zero-order valence-corrected chi connectivity index (χ0v) is 38.1. The summed E-state index contributed by atoms with van der Waals surface area (Å²) in [7, 11) is -16.4. The molecule has 0 bridgehead atoms. The van der Waals surface area contributed by atoms with Gasteiger partial charge in [0, 0.05) is 37.1 Å². The first-order valence-corrected chi connectivity index (χ1v) is 25.2. The number of ether oxygens (including phenoxy) is 1. The summed E-state index contributed by atoms with van der Waals surface area (Å²) in [6.45, 7) is 6.68. The number of carbonyl (C=O) groups is 3. The summed E-state index contributed by atoms with van der Waals surface area (Å²) in [5.74, 6) is -1.10. The van der Waals surface area contributed by atoms with Crippen molar-refractivity contribution < 1.29 is 80.5 Å². The lowest BCUT2D eigenvalue weighted by atomic mass is 9.87. The number of aromatic nitrogens is 4. The maximum atomic E-state index is 12.7. The number of phosphoric ester groups is 3. The molecule has 7 atom stereocenters. The van der Waals surface area contributed by atoms with Gasteiger partial charge in [0.05, 0.1) is 19.5 Å². The van der Waals surface area contributed by atoms with E-state index in [9.17, 15) is 57.9 Å². The van der Waals surface area contributed by atoms with Gasteiger partial charge < -0.3 is 50.9 Å². The number of thioether (sulfide) groups is 1. The van der Waals surface area contributed by atoms with Gasteiger partial charge in [-0.25, -0.2) is 28.6 Å². The number of nitrogens with zero attached hydrogens (tertiary/aromatic N) is 4. The molecule has 10 N–H and O–H groups in total. The second-order valence-electron chi connectivity index (χ2n) is 15.1. The zero-order valence-electron chi connectivity index (χ0n) is 34.6. The number of aliphatic hydroxyl groups excluding tert-OH is 2. The van der Waals surface area contributed by atoms with Crippen LogP contribution in [0.1, 0.15) is 91.2 Å². The average Bonchev–Trinajstić information content (AvgIpc) is 3.74. The Morgan fingerprint density at radius 2 is 1.65 bits per heavy atom. The van der Waals surface area contributed by atoms with Crippen molar-refractivity contribution in [3.05, 3.63) is 24.8 Å². The maximum Gasteiger partial charge on any atom is 0.481 e. The Balaban J connectivity index is 1.39. The van der Waals surface area contributed by atoms with E-state index in [1.54, 1.807) is 0 Å². The molecule has 2 amide bonds. The number of nitrogen functional groups attached to an aromatic ring is 1. The molecule has 3 rings (SSSR count). The summed E-state index contributed by atoms with van der Waals surface area (Å²) in [6.07, 6.45) is 2.39. The number of amides is 2. The smallest absolute Gasteiger partial charge is 0.386 e. The first-order valence-electron chi connectivity index (χ1n) is 19.7. The van der Waals surface area contributed by atoms with Crippen LogP contribution >= 0.6 is 35.2 Å². The van der Waals surface area contributed by atoms with Crippen LogP contribution in [-0.2, 0) is 50.7 Å². The van der Waals surface area contributed by atoms with Crippen LogP contribution in [0.2, 0.25) is 0 Å². The van der Waals surface area contributed by atoms with E-state index in [1.165, 1.54) is 46.0 Å². The molecule has 1 aliphatic rings. The standard InChI is InChI=1S/C34H58N7O17P3S/c1-5-6-7-8-9-10-11-12-22(2)17-25(43)62-16-15-36-24(42)13-14-37-32(46)29(45)34(3,4)19-55-61(52,53)58-60(50,51)54-18-23-28(57-59(47,48)49)27(44)33(56-23)41-21-40-26-30(35)38-20-39-31(26)41/h20-21,23,27-29,33,44-45H,2,5-19H2,1,3-4H3,(H,36,42)(H,37,46)(H,50,51)(H,52,53)(H2,35,38,39)(H2,47,48,49)/t23-,27-,28-,29?,33-/m1/s1. The minimum Gasteiger partial charge on any atom is -0.386 e. The minimum atomic E-state index is -5.58. The fraction of sp³-hybridized carbons (Fsp3) is 0.706. The predicted molar refractivity (Wildman–Crippen MR) is 223 cm³/mol. The number of nitrogens with two attached hydrogens (primary N) is 1. The van der Waals surface area contributed by atoms with Crippen LogP contribution in [0.25, 0.3) is 11.2 Å². The molecule has 62 heavy (non-hydrogen) atoms. The van der Waals surface area contributed by atoms with Crippen molar-refractivity contribution in [1.82, 2.24) is 30.2 Å². The number of hydrogen-bond donors (Lipinski definition) is 9. The first-order chi connectivity index (χ1) is 28.9. The Labute approximate surface area is 362 Å². The van der Waals surface area contributed by atoms with Crippen LogP contribution in [0, 0.1) is 5.41 Å². The Bertz CT molecular complexity index is 1970. The van der Waals surface area contributed by atoms with E-state index < -0.39 is 84.6 Å². The van der Waals surface area contributed by atoms with Gasteiger partial charge in [-0.1, -0.05) is 83.2 Å². The number of phosphoric acid groups is 3. The average molecular weight is 962 g/mol. The topological polar surface area (TPSA) is 364 Å². The van der Waals surface area contributed by atoms with Gasteiger partial charge in [0.1, 0.15) is 36.3 Å². The van der Waals surface area contributed by atoms with Crippen molar-refractivity contribution in [2.75, 3.05) is 37.8 Å². The highest BCUT2D eigenvalue weighted by Gasteiger charge is 2.50. The zero-order chi connectivity index (χ0) is 46.3. The van der Waals surface area contributed by atoms with E-state index in [0.29, 0.717) is 5.75 Å². The summed E-state index contributed by atoms with van der Waals surface area (Å²) in [5.41, 5.74) is 5.16. The van der Waals surface area contributed by atoms with E-state index >= 15 is 0 Å². The third-order valence-corrected chi connectivity index (χ3v) is 13.3. The van der Waals surface area contributed by atoms with E-state index in [2.05, 4.69) is 47.9 Å². The largest absolute Gasteiger partial charge is 0.481 e. The molecule has 0 aliphatic carbocycles. The lowest BCUT2D eigenvalue weighted by Gasteiger charge is -2.30. The highest BCUT2D eigenvalue weighted by atomic mass is 32.2. The molecule has 0 saturated carbocycles. The SMILES string of the molecule is C=C(CCCCCCCCC)CC(=O)SCCNC(=O)CCNC(=O)C(O)C(C)(C)COP(=O)(O)OP(=O)(O)OC[C@H]1O[C@@H](n2cnc3c(N)ncnc32)[C@H](O)[C@@H]1OP(=O)(O)O. The summed E-state index contributed by atoms with van der Waals surface area (Å²) < 4.78 is 62.3. The number of rotatable bonds is 29. The number of fused-ring (bicyclic) bond motifs is 1. The van der Waals surface area contributed by atoms with Crippen LogP contribution in [0.4, 0.5) is 5.82 Å². The van der Waals surface area contributed by atoms with Crippen molar-refractivity contribution >= 4 is 69.1 Å². The monoisotopic (exact) mass is 961 g/mol. The van der Waals surface area contributed by atoms with Gasteiger partial charge >= 0.3 is 23.5 Å². The summed E-state index contributed by atoms with van der Waals surface area (Å²) >= 11 is 1.09. The minimum absolute atomic E-state index is 0.0311. The molecule has 2 aromatic heterocycles. The van der Waals surface area contributed by atoms with Crippen molar-refractivity contribution in [2.45, 2.75) is 116 Å². The molecular weight excluding hydrogens is 903 g/mol. The number of carbonyl (C=O) groups excluding carboxylic acids is 3. The highest BCUT2D eigenvalue weighted by molar-refractivity contribution is 8.13. The molecule has 3 heterocycles. The number of allylic oxidation sites excluding steroid dienone is 1. The van der Waals surface area contributed by atoms with Gasteiger partial charge in [-0.3, -0.25) is 32.5 Å². The lowest BCUT2D eigenvalue weighted by Crippen LogP contribution is -2.46. The molecule has 1 fully saturated rings. The van der Waals surface area contributed by atoms with Crippen LogP contribution in [0.15, 0.2) is 24.8 Å². The molecular formula is C34H58N7O17P3S. The highest BCUT2D eigenvalue weighted by Crippen LogP contribution is 2.61. The predicted octanol–water partition coefficient (Wildman–Crippen LogP) is 2.75. The fourth-order valence-corrected chi connectivity index (χ4v) is 9.54. The quantitative estimate of drug-likeness (QED) is 0.0321. The summed E-state index contributed by atoms with van der Waals surface area (Å²) in [6, 6.07) is 0. The fourth-order valence-electron chi connectivity index (χ4n) is 5.97. The Kier molecular flexibility index (Phi) is 21.2. The number of aliphatic hydroxyl groups is 2. The van der Waals surface area contributed by atoms with Crippen LogP contribution in [0.5, 0.6) is 0 Å². The van der Waals surface area contributed by atoms with Crippen LogP contribution in [0.3, 0.4) is 0 Å². The van der Waals surface area contributed by atoms with E-state index in [4.69, 9.17) is 19.5 Å². The molecule has 0 radical (unpaired) electrons. The van der Waals surface area contributed by atoms with Gasteiger partial charge in [-0.2, -0.15) is 4.31 Å². The van der Waals surface area contributed by atoms with Crippen LogP contribution in [-0.4, -0.2) is 123 Å². The number of nitrogens with one attached hydrogen (secondary N) is 2. The van der Waals surface area contributed by atoms with Crippen molar-refractivity contribution in [3.8, 4) is 0 Å². The lowest BCUT2D eigenvalue weighted by molar-refractivity contribution is -0.137. The molecule has 1 aliphatic heterocycles. The third-order valence-electron chi connectivity index (χ3n) is 9.29. The molecule has 352 valence electrons. The number of hydrogen-bond acceptors (Lipinski definition) is 18. The summed E-state index contributed by atoms with van der Waals surface area (Å²) in [5, 5.41) is 26.5. The van der Waals surface area contributed by atoms with Crippen LogP contribution < -0.4 is 16.4 Å². The van der Waals surface area contributed by atoms with Crippen molar-refractivity contribution in [2.24, 2.45) is 5.41 Å². The molecule has 1 saturated heterocycles. The van der Waals surface area contributed by atoms with Gasteiger partial charge in [-0.05, 0) is 12.8 Å². The second kappa shape index (κ2) is 24.6. The molecule has 2 aromatic rings. The van der Waals surface area contributed by atoms with E-state index in [1.807, 2.05) is 0 Å². The Morgan fingerprint density at radius 3 is 2.32 bits per heavy atom. The van der Waals surface area contributed by atoms with Crippen molar-refractivity contribution in [1.29, 1.82) is 0 Å². The van der Waals surface area contributed by atoms with Gasteiger partial charge in [0.15, 0.2) is 22.8 Å². The van der Waals surface area contributed by atoms with E-state index in [-0.39, 0.29) is 48.0 Å². The Hall–Kier alpha value is -2.70. The molecule has 0 spiro atoms. The first kappa shape index (κ1) is 53.6. The van der Waals surface area contributed by atoms with Gasteiger partial charge in [0.25, 0.3) is 0 Å². The third kappa shape index (κ3) is 18.1. The molecule has 24 nitrogen and oxygen atoms in total. The molecule has 28 heteroatoms. The molecule has 0 aromatic carbocycles. The second-order valence-corrected chi connectivity index (χ2v) is 20.5. The maximum absolute atomic E-state index is 12.7. The van der Waals surface area contributed by atoms with Gasteiger partial charge in [0.2, 0.25) is 11.8 Å². The Morgan fingerprint density at radius 1 is 0.984 bits per heavy atom. The van der Waals surface area contributed by atoms with Gasteiger partial charge in [-0.15, -0.1) is 0 Å². The number of imidazole rings is 1.